The summed E-state index contributed by atoms with van der Waals surface area (Å²) in [6.07, 6.45) is 4.15. The van der Waals surface area contributed by atoms with Crippen molar-refractivity contribution in [2.24, 2.45) is 0 Å². The van der Waals surface area contributed by atoms with Crippen LogP contribution in [0, 0.1) is 5.82 Å². The first-order valence-electron chi connectivity index (χ1n) is 7.12. The summed E-state index contributed by atoms with van der Waals surface area (Å²) in [7, 11) is 0. The summed E-state index contributed by atoms with van der Waals surface area (Å²) >= 11 is 6.40. The van der Waals surface area contributed by atoms with Crippen molar-refractivity contribution in [3.8, 4) is 0 Å². The molecule has 0 amide bonds. The number of alkyl halides is 1. The first-order chi connectivity index (χ1) is 10.6. The summed E-state index contributed by atoms with van der Waals surface area (Å²) in [5.74, 6) is -0.461. The molecule has 0 radical (unpaired) electrons. The Bertz CT molecular complexity index is 629. The second-order valence-corrected chi connectivity index (χ2v) is 6.23. The van der Waals surface area contributed by atoms with Crippen LogP contribution in [0.1, 0.15) is 18.4 Å². The van der Waals surface area contributed by atoms with Gasteiger partial charge in [0.25, 0.3) is 0 Å². The number of nitrogens with zero attached hydrogens (tertiary/aromatic N) is 3. The molecule has 2 heterocycles. The van der Waals surface area contributed by atoms with Gasteiger partial charge in [0, 0.05) is 5.56 Å². The highest BCUT2D eigenvalue weighted by molar-refractivity contribution is 6.26. The molecule has 1 saturated heterocycles. The van der Waals surface area contributed by atoms with E-state index < -0.39 is 16.3 Å². The topological polar surface area (TPSA) is 63.5 Å². The van der Waals surface area contributed by atoms with Gasteiger partial charge >= 0.3 is 0 Å². The van der Waals surface area contributed by atoms with Crippen LogP contribution >= 0.6 is 11.6 Å². The Morgan fingerprint density at radius 3 is 2.55 bits per heavy atom. The summed E-state index contributed by atoms with van der Waals surface area (Å²) in [5.41, 5.74) is -1.29. The molecule has 7 heteroatoms. The number of benzene rings is 1. The van der Waals surface area contributed by atoms with Gasteiger partial charge in [-0.05, 0) is 18.9 Å². The van der Waals surface area contributed by atoms with Gasteiger partial charge in [0.05, 0.1) is 24.6 Å². The van der Waals surface area contributed by atoms with Gasteiger partial charge in [-0.2, -0.15) is 5.10 Å². The molecule has 2 aliphatic rings. The number of aromatic nitrogens is 3. The van der Waals surface area contributed by atoms with Crippen molar-refractivity contribution in [1.29, 1.82) is 0 Å². The van der Waals surface area contributed by atoms with Crippen molar-refractivity contribution in [2.75, 3.05) is 13.2 Å². The molecule has 1 aromatic carbocycles. The van der Waals surface area contributed by atoms with Crippen LogP contribution in [-0.2, 0) is 16.9 Å². The summed E-state index contributed by atoms with van der Waals surface area (Å²) in [4.78, 5) is 3.00. The number of halogens is 2. The maximum absolute atomic E-state index is 14.0. The molecule has 0 spiro atoms. The summed E-state index contributed by atoms with van der Waals surface area (Å²) < 4.78 is 20.0. The van der Waals surface area contributed by atoms with Crippen molar-refractivity contribution in [1.82, 2.24) is 14.8 Å². The van der Waals surface area contributed by atoms with E-state index in [4.69, 9.17) is 11.6 Å². The Hall–Kier alpha value is -1.50. The molecule has 22 heavy (non-hydrogen) atoms. The van der Waals surface area contributed by atoms with Gasteiger partial charge in [-0.25, -0.2) is 14.1 Å². The molecule has 4 rings (SSSR count). The fourth-order valence-electron chi connectivity index (χ4n) is 2.34. The van der Waals surface area contributed by atoms with Gasteiger partial charge in [0.2, 0.25) is 0 Å². The smallest absolute Gasteiger partial charge is 0.137 e. The zero-order valence-corrected chi connectivity index (χ0v) is 12.7. The highest BCUT2D eigenvalue weighted by atomic mass is 35.5. The van der Waals surface area contributed by atoms with Gasteiger partial charge in [0.15, 0.2) is 0 Å². The SMILES string of the molecule is C1CO1.OC(Cn1cncn1)(c1ccccc1F)C1(Cl)CC1. The number of rotatable bonds is 4. The van der Waals surface area contributed by atoms with Crippen LogP contribution in [-0.4, -0.2) is 38.0 Å². The van der Waals surface area contributed by atoms with Gasteiger partial charge in [-0.3, -0.25) is 0 Å². The molecule has 1 aliphatic heterocycles. The minimum Gasteiger partial charge on any atom is -0.381 e. The third kappa shape index (κ3) is 3.14. The molecular weight excluding hydrogens is 309 g/mol. The second kappa shape index (κ2) is 5.95. The summed E-state index contributed by atoms with van der Waals surface area (Å²) in [5, 5.41) is 14.9. The zero-order chi connectivity index (χ0) is 15.6. The number of hydrogen-bond acceptors (Lipinski definition) is 4. The molecule has 2 aromatic rings. The molecular formula is C15H17ClFN3O2. The molecule has 118 valence electrons. The van der Waals surface area contributed by atoms with E-state index in [0.29, 0.717) is 12.8 Å². The first kappa shape index (κ1) is 15.4. The number of aliphatic hydroxyl groups is 1. The fourth-order valence-corrected chi connectivity index (χ4v) is 2.59. The first-order valence-corrected chi connectivity index (χ1v) is 7.49. The second-order valence-electron chi connectivity index (χ2n) is 5.51. The van der Waals surface area contributed by atoms with Crippen molar-refractivity contribution in [2.45, 2.75) is 29.9 Å². The van der Waals surface area contributed by atoms with Crippen LogP contribution in [0.5, 0.6) is 0 Å². The molecule has 1 N–H and O–H groups in total. The van der Waals surface area contributed by atoms with Gasteiger partial charge < -0.3 is 9.84 Å². The van der Waals surface area contributed by atoms with E-state index in [9.17, 15) is 9.50 Å². The van der Waals surface area contributed by atoms with E-state index in [2.05, 4.69) is 14.8 Å². The molecule has 5 nitrogen and oxygen atoms in total. The standard InChI is InChI=1S/C13H13ClFN3O.C2H4O/c14-12(5-6-12)13(19,7-18-9-16-8-17-18)10-3-1-2-4-11(10)15;1-2-3-1/h1-4,8-9,19H,5-7H2;1-2H2. The largest absolute Gasteiger partial charge is 0.381 e. The minimum atomic E-state index is -1.49. The zero-order valence-electron chi connectivity index (χ0n) is 12.0. The maximum atomic E-state index is 14.0. The lowest BCUT2D eigenvalue weighted by Crippen LogP contribution is -2.43. The fraction of sp³-hybridized carbons (Fsp3) is 0.467. The van der Waals surface area contributed by atoms with E-state index >= 15 is 0 Å². The van der Waals surface area contributed by atoms with Crippen LogP contribution in [0.4, 0.5) is 4.39 Å². The highest BCUT2D eigenvalue weighted by Gasteiger charge is 2.59. The summed E-state index contributed by atoms with van der Waals surface area (Å²) in [6.45, 7) is 2.08. The normalized spacial score (nSPS) is 20.5. The van der Waals surface area contributed by atoms with Crippen LogP contribution < -0.4 is 0 Å². The van der Waals surface area contributed by atoms with Crippen molar-refractivity contribution in [3.63, 3.8) is 0 Å². The molecule has 1 aromatic heterocycles. The van der Waals surface area contributed by atoms with Crippen molar-refractivity contribution >= 4 is 11.6 Å². The monoisotopic (exact) mass is 325 g/mol. The predicted molar refractivity (Wildman–Crippen MR) is 79.0 cm³/mol. The highest BCUT2D eigenvalue weighted by Crippen LogP contribution is 2.56. The maximum Gasteiger partial charge on any atom is 0.137 e. The summed E-state index contributed by atoms with van der Waals surface area (Å²) in [6, 6.07) is 6.16. The molecule has 0 bridgehead atoms. The van der Waals surface area contributed by atoms with Gasteiger partial charge in [-0.15, -0.1) is 11.6 Å². The van der Waals surface area contributed by atoms with E-state index in [-0.39, 0.29) is 12.1 Å². The van der Waals surface area contributed by atoms with Crippen LogP contribution in [0.3, 0.4) is 0 Å². The molecule has 1 saturated carbocycles. The van der Waals surface area contributed by atoms with E-state index in [1.807, 2.05) is 0 Å². The Morgan fingerprint density at radius 1 is 1.36 bits per heavy atom. The minimum absolute atomic E-state index is 0.0808. The Labute approximate surface area is 132 Å². The van der Waals surface area contributed by atoms with Gasteiger partial charge in [-0.1, -0.05) is 18.2 Å². The number of epoxide rings is 1. The lowest BCUT2D eigenvalue weighted by molar-refractivity contribution is -0.000646. The van der Waals surface area contributed by atoms with Crippen LogP contribution in [0.25, 0.3) is 0 Å². The van der Waals surface area contributed by atoms with Crippen LogP contribution in [0.2, 0.25) is 0 Å². The molecule has 1 unspecified atom stereocenters. The van der Waals surface area contributed by atoms with Crippen molar-refractivity contribution < 1.29 is 14.2 Å². The third-order valence-corrected chi connectivity index (χ3v) is 4.50. The Balaban J connectivity index is 0.000000429. The number of hydrogen-bond donors (Lipinski definition) is 1. The Kier molecular flexibility index (Phi) is 4.16. The molecule has 2 fully saturated rings. The quantitative estimate of drug-likeness (QED) is 0.690. The average Bonchev–Trinajstić information content (AvgIpc) is 3.43. The van der Waals surface area contributed by atoms with E-state index in [1.54, 1.807) is 18.2 Å². The Morgan fingerprint density at radius 2 is 2.05 bits per heavy atom. The van der Waals surface area contributed by atoms with Crippen molar-refractivity contribution in [3.05, 3.63) is 48.3 Å². The van der Waals surface area contributed by atoms with Crippen LogP contribution in [0.15, 0.2) is 36.9 Å². The third-order valence-electron chi connectivity index (χ3n) is 3.81. The van der Waals surface area contributed by atoms with E-state index in [1.165, 1.54) is 23.4 Å². The van der Waals surface area contributed by atoms with Gasteiger partial charge in [0.1, 0.15) is 24.1 Å². The molecule has 1 aliphatic carbocycles. The lowest BCUT2D eigenvalue weighted by atomic mass is 9.87. The number of ether oxygens (including phenoxy) is 1. The lowest BCUT2D eigenvalue weighted by Gasteiger charge is -2.33. The molecule has 1 atom stereocenters. The van der Waals surface area contributed by atoms with E-state index in [0.717, 1.165) is 13.2 Å². The average molecular weight is 326 g/mol. The predicted octanol–water partition coefficient (Wildman–Crippen LogP) is 2.09.